The molecule has 0 radical (unpaired) electrons. The van der Waals surface area contributed by atoms with Crippen LogP contribution in [0.4, 0.5) is 5.13 Å². The van der Waals surface area contributed by atoms with Gasteiger partial charge in [-0.15, -0.1) is 10.2 Å². The maximum Gasteiger partial charge on any atom is 0.231 e. The van der Waals surface area contributed by atoms with Crippen LogP contribution in [0.2, 0.25) is 0 Å². The molecule has 104 valence electrons. The third-order valence-corrected chi connectivity index (χ3v) is 3.88. The summed E-state index contributed by atoms with van der Waals surface area (Å²) >= 11 is 1.34. The van der Waals surface area contributed by atoms with Crippen molar-refractivity contribution in [2.75, 3.05) is 18.4 Å². The van der Waals surface area contributed by atoms with Gasteiger partial charge in [0, 0.05) is 19.5 Å². The van der Waals surface area contributed by atoms with E-state index in [0.717, 1.165) is 24.4 Å². The number of aromatic nitrogens is 2. The first-order valence-corrected chi connectivity index (χ1v) is 7.30. The second-order valence-electron chi connectivity index (χ2n) is 4.71. The largest absolute Gasteiger partial charge is 0.342 e. The van der Waals surface area contributed by atoms with Crippen LogP contribution in [-0.4, -0.2) is 40.0 Å². The van der Waals surface area contributed by atoms with Crippen molar-refractivity contribution < 1.29 is 9.59 Å². The van der Waals surface area contributed by atoms with Gasteiger partial charge in [-0.05, 0) is 13.3 Å². The topological polar surface area (TPSA) is 75.2 Å². The monoisotopic (exact) mass is 282 g/mol. The van der Waals surface area contributed by atoms with Crippen molar-refractivity contribution in [1.29, 1.82) is 0 Å². The Morgan fingerprint density at radius 2 is 2.32 bits per heavy atom. The van der Waals surface area contributed by atoms with Gasteiger partial charge in [-0.3, -0.25) is 9.59 Å². The quantitative estimate of drug-likeness (QED) is 0.886. The first-order chi connectivity index (χ1) is 9.10. The number of rotatable bonds is 5. The molecule has 0 aromatic carbocycles. The standard InChI is InChI=1S/C12H18N4O2S/c1-3-4-5-16-7-9(6-10(16)17)11(18)13-12-15-14-8(2)19-12/h9H,3-7H2,1-2H3,(H,13,15,18). The van der Waals surface area contributed by atoms with E-state index in [1.807, 2.05) is 6.92 Å². The number of aryl methyl sites for hydroxylation is 1. The van der Waals surface area contributed by atoms with Crippen molar-refractivity contribution >= 4 is 28.3 Å². The lowest BCUT2D eigenvalue weighted by Crippen LogP contribution is -2.29. The lowest BCUT2D eigenvalue weighted by Gasteiger charge is -2.15. The maximum atomic E-state index is 12.0. The number of nitrogens with zero attached hydrogens (tertiary/aromatic N) is 3. The van der Waals surface area contributed by atoms with E-state index in [-0.39, 0.29) is 17.7 Å². The predicted octanol–water partition coefficient (Wildman–Crippen LogP) is 1.43. The number of nitrogens with one attached hydrogen (secondary N) is 1. The van der Waals surface area contributed by atoms with Crippen molar-refractivity contribution in [2.45, 2.75) is 33.1 Å². The Morgan fingerprint density at radius 1 is 1.53 bits per heavy atom. The molecule has 1 aliphatic rings. The van der Waals surface area contributed by atoms with E-state index in [9.17, 15) is 9.59 Å². The lowest BCUT2D eigenvalue weighted by atomic mass is 10.1. The number of unbranched alkanes of at least 4 members (excludes halogenated alkanes) is 1. The van der Waals surface area contributed by atoms with Gasteiger partial charge in [-0.1, -0.05) is 24.7 Å². The zero-order valence-electron chi connectivity index (χ0n) is 11.2. The molecule has 1 aromatic rings. The van der Waals surface area contributed by atoms with Crippen molar-refractivity contribution in [3.8, 4) is 0 Å². The van der Waals surface area contributed by atoms with Gasteiger partial charge in [-0.2, -0.15) is 0 Å². The van der Waals surface area contributed by atoms with Crippen LogP contribution in [0.3, 0.4) is 0 Å². The van der Waals surface area contributed by atoms with Crippen LogP contribution < -0.4 is 5.32 Å². The zero-order valence-corrected chi connectivity index (χ0v) is 12.0. The number of likely N-dealkylation sites (tertiary alicyclic amines) is 1. The average Bonchev–Trinajstić information content (AvgIpc) is 2.93. The normalized spacial score (nSPS) is 18.9. The van der Waals surface area contributed by atoms with Gasteiger partial charge in [-0.25, -0.2) is 0 Å². The summed E-state index contributed by atoms with van der Waals surface area (Å²) in [5, 5.41) is 11.7. The second kappa shape index (κ2) is 6.10. The molecule has 1 N–H and O–H groups in total. The molecule has 1 unspecified atom stereocenters. The molecule has 1 atom stereocenters. The number of carbonyl (C=O) groups is 2. The van der Waals surface area contributed by atoms with Crippen molar-refractivity contribution in [3.63, 3.8) is 0 Å². The number of hydrogen-bond acceptors (Lipinski definition) is 5. The summed E-state index contributed by atoms with van der Waals surface area (Å²) in [6.45, 7) is 5.18. The lowest BCUT2D eigenvalue weighted by molar-refractivity contribution is -0.128. The van der Waals surface area contributed by atoms with Gasteiger partial charge in [0.05, 0.1) is 5.92 Å². The van der Waals surface area contributed by atoms with Crippen molar-refractivity contribution in [1.82, 2.24) is 15.1 Å². The predicted molar refractivity (Wildman–Crippen MR) is 72.9 cm³/mol. The molecule has 1 aromatic heterocycles. The molecule has 0 aliphatic carbocycles. The highest BCUT2D eigenvalue weighted by Gasteiger charge is 2.34. The van der Waals surface area contributed by atoms with Crippen LogP contribution in [0.25, 0.3) is 0 Å². The average molecular weight is 282 g/mol. The summed E-state index contributed by atoms with van der Waals surface area (Å²) in [7, 11) is 0. The molecule has 6 nitrogen and oxygen atoms in total. The molecular formula is C12H18N4O2S. The van der Waals surface area contributed by atoms with E-state index in [1.165, 1.54) is 11.3 Å². The van der Waals surface area contributed by atoms with E-state index in [2.05, 4.69) is 22.4 Å². The summed E-state index contributed by atoms with van der Waals surface area (Å²) in [5.74, 6) is -0.334. The molecule has 2 rings (SSSR count). The van der Waals surface area contributed by atoms with Crippen LogP contribution >= 0.6 is 11.3 Å². The summed E-state index contributed by atoms with van der Waals surface area (Å²) in [6.07, 6.45) is 2.33. The Balaban J connectivity index is 1.89. The van der Waals surface area contributed by atoms with E-state index in [1.54, 1.807) is 4.90 Å². The first-order valence-electron chi connectivity index (χ1n) is 6.49. The summed E-state index contributed by atoms with van der Waals surface area (Å²) in [4.78, 5) is 25.6. The maximum absolute atomic E-state index is 12.0. The van der Waals surface area contributed by atoms with Gasteiger partial charge in [0.25, 0.3) is 0 Å². The Hall–Kier alpha value is -1.50. The van der Waals surface area contributed by atoms with E-state index >= 15 is 0 Å². The number of amides is 2. The van der Waals surface area contributed by atoms with Crippen LogP contribution in [0.15, 0.2) is 0 Å². The van der Waals surface area contributed by atoms with Gasteiger partial charge >= 0.3 is 0 Å². The smallest absolute Gasteiger partial charge is 0.231 e. The van der Waals surface area contributed by atoms with Crippen LogP contribution in [-0.2, 0) is 9.59 Å². The second-order valence-corrected chi connectivity index (χ2v) is 5.89. The number of hydrogen-bond donors (Lipinski definition) is 1. The third kappa shape index (κ3) is 3.50. The van der Waals surface area contributed by atoms with Gasteiger partial charge in [0.2, 0.25) is 16.9 Å². The van der Waals surface area contributed by atoms with Crippen LogP contribution in [0, 0.1) is 12.8 Å². The fourth-order valence-corrected chi connectivity index (χ4v) is 2.66. The minimum atomic E-state index is -0.270. The molecule has 1 fully saturated rings. The third-order valence-electron chi connectivity index (χ3n) is 3.12. The Morgan fingerprint density at radius 3 is 2.95 bits per heavy atom. The highest BCUT2D eigenvalue weighted by atomic mass is 32.1. The Labute approximate surface area is 116 Å². The molecular weight excluding hydrogens is 264 g/mol. The van der Waals surface area contributed by atoms with E-state index < -0.39 is 0 Å². The zero-order chi connectivity index (χ0) is 13.8. The fourth-order valence-electron chi connectivity index (χ4n) is 2.07. The minimum Gasteiger partial charge on any atom is -0.342 e. The highest BCUT2D eigenvalue weighted by Crippen LogP contribution is 2.21. The molecule has 7 heteroatoms. The van der Waals surface area contributed by atoms with Crippen molar-refractivity contribution in [3.05, 3.63) is 5.01 Å². The van der Waals surface area contributed by atoms with Crippen LogP contribution in [0.5, 0.6) is 0 Å². The fraction of sp³-hybridized carbons (Fsp3) is 0.667. The molecule has 1 aliphatic heterocycles. The molecule has 19 heavy (non-hydrogen) atoms. The van der Waals surface area contributed by atoms with E-state index in [0.29, 0.717) is 18.1 Å². The molecule has 2 heterocycles. The van der Waals surface area contributed by atoms with E-state index in [4.69, 9.17) is 0 Å². The number of carbonyl (C=O) groups excluding carboxylic acids is 2. The molecule has 0 bridgehead atoms. The molecule has 0 spiro atoms. The van der Waals surface area contributed by atoms with Gasteiger partial charge in [0.15, 0.2) is 0 Å². The van der Waals surface area contributed by atoms with Gasteiger partial charge < -0.3 is 10.2 Å². The minimum absolute atomic E-state index is 0.0713. The summed E-state index contributed by atoms with van der Waals surface area (Å²) < 4.78 is 0. The van der Waals surface area contributed by atoms with Crippen molar-refractivity contribution in [2.24, 2.45) is 5.92 Å². The Bertz CT molecular complexity index is 474. The molecule has 2 amide bonds. The summed E-state index contributed by atoms with van der Waals surface area (Å²) in [5.41, 5.74) is 0. The highest BCUT2D eigenvalue weighted by molar-refractivity contribution is 7.15. The Kier molecular flexibility index (Phi) is 4.47. The van der Waals surface area contributed by atoms with Crippen LogP contribution in [0.1, 0.15) is 31.2 Å². The number of anilines is 1. The molecule has 0 saturated carbocycles. The SMILES string of the molecule is CCCCN1CC(C(=O)Nc2nnc(C)s2)CC1=O. The summed E-state index contributed by atoms with van der Waals surface area (Å²) in [6, 6.07) is 0. The first kappa shape index (κ1) is 13.9. The van der Waals surface area contributed by atoms with Gasteiger partial charge in [0.1, 0.15) is 5.01 Å². The molecule has 1 saturated heterocycles.